The van der Waals surface area contributed by atoms with Crippen molar-refractivity contribution >= 4 is 11.9 Å². The van der Waals surface area contributed by atoms with Crippen molar-refractivity contribution in [2.24, 2.45) is 0 Å². The van der Waals surface area contributed by atoms with Crippen LogP contribution < -0.4 is 5.32 Å². The van der Waals surface area contributed by atoms with E-state index in [1.807, 2.05) is 0 Å². The number of rotatable bonds is 68. The van der Waals surface area contributed by atoms with Gasteiger partial charge in [-0.1, -0.05) is 360 Å². The lowest BCUT2D eigenvalue weighted by atomic mass is 10.0. The van der Waals surface area contributed by atoms with Gasteiger partial charge in [0.15, 0.2) is 0 Å². The lowest BCUT2D eigenvalue weighted by Crippen LogP contribution is -2.45. The van der Waals surface area contributed by atoms with Crippen molar-refractivity contribution in [3.05, 3.63) is 12.2 Å². The second-order valence-electron chi connectivity index (χ2n) is 24.9. The molecule has 0 saturated carbocycles. The molecule has 78 heavy (non-hydrogen) atoms. The van der Waals surface area contributed by atoms with E-state index in [-0.39, 0.29) is 18.5 Å². The van der Waals surface area contributed by atoms with Crippen molar-refractivity contribution in [2.75, 3.05) is 13.2 Å². The number of carbonyl (C=O) groups excluding carboxylic acids is 2. The van der Waals surface area contributed by atoms with Crippen molar-refractivity contribution in [3.63, 3.8) is 0 Å². The van der Waals surface area contributed by atoms with Gasteiger partial charge in [0.25, 0.3) is 0 Å². The number of allylic oxidation sites excluding steroid dienone is 2. The highest BCUT2D eigenvalue weighted by molar-refractivity contribution is 5.76. The van der Waals surface area contributed by atoms with Crippen LogP contribution in [0.15, 0.2) is 12.2 Å². The minimum Gasteiger partial charge on any atom is -0.466 e. The van der Waals surface area contributed by atoms with Crippen LogP contribution >= 0.6 is 0 Å². The number of ether oxygens (including phenoxy) is 1. The summed E-state index contributed by atoms with van der Waals surface area (Å²) in [6, 6.07) is -0.537. The molecule has 2 unspecified atom stereocenters. The highest BCUT2D eigenvalue weighted by atomic mass is 16.5. The summed E-state index contributed by atoms with van der Waals surface area (Å²) in [6.45, 7) is 4.99. The van der Waals surface area contributed by atoms with Crippen LogP contribution in [0.2, 0.25) is 0 Å². The largest absolute Gasteiger partial charge is 0.466 e. The number of nitrogens with one attached hydrogen (secondary N) is 1. The summed E-state index contributed by atoms with van der Waals surface area (Å²) < 4.78 is 5.50. The van der Waals surface area contributed by atoms with Gasteiger partial charge >= 0.3 is 5.97 Å². The predicted octanol–water partition coefficient (Wildman–Crippen LogP) is 23.1. The molecule has 0 fully saturated rings. The van der Waals surface area contributed by atoms with Crippen LogP contribution in [0, 0.1) is 0 Å². The third-order valence-corrected chi connectivity index (χ3v) is 17.1. The van der Waals surface area contributed by atoms with Crippen LogP contribution in [0.1, 0.15) is 412 Å². The van der Waals surface area contributed by atoms with Gasteiger partial charge in [0.2, 0.25) is 5.91 Å². The Bertz CT molecular complexity index is 1180. The first kappa shape index (κ1) is 76.6. The van der Waals surface area contributed by atoms with Crippen LogP contribution in [-0.4, -0.2) is 47.4 Å². The predicted molar refractivity (Wildman–Crippen MR) is 343 cm³/mol. The van der Waals surface area contributed by atoms with E-state index in [4.69, 9.17) is 4.74 Å². The first-order valence-electron chi connectivity index (χ1n) is 35.9. The first-order chi connectivity index (χ1) is 38.5. The molecular formula is C72H141NO5. The van der Waals surface area contributed by atoms with E-state index in [0.29, 0.717) is 25.9 Å². The highest BCUT2D eigenvalue weighted by Crippen LogP contribution is 2.19. The number of esters is 1. The molecule has 0 aromatic carbocycles. The summed E-state index contributed by atoms with van der Waals surface area (Å²) in [5.41, 5.74) is 0. The molecule has 0 aromatic heterocycles. The maximum Gasteiger partial charge on any atom is 0.305 e. The van der Waals surface area contributed by atoms with E-state index in [9.17, 15) is 19.8 Å². The van der Waals surface area contributed by atoms with Gasteiger partial charge in [-0.3, -0.25) is 9.59 Å². The monoisotopic (exact) mass is 1100 g/mol. The molecule has 0 rings (SSSR count). The minimum atomic E-state index is -0.660. The van der Waals surface area contributed by atoms with E-state index in [1.165, 1.54) is 340 Å². The molecule has 0 aliphatic carbocycles. The maximum atomic E-state index is 12.5. The van der Waals surface area contributed by atoms with Gasteiger partial charge in [-0.25, -0.2) is 0 Å². The number of amides is 1. The van der Waals surface area contributed by atoms with Gasteiger partial charge in [-0.15, -0.1) is 0 Å². The zero-order valence-corrected chi connectivity index (χ0v) is 53.2. The lowest BCUT2D eigenvalue weighted by Gasteiger charge is -2.22. The van der Waals surface area contributed by atoms with Gasteiger partial charge in [-0.05, 0) is 51.4 Å². The van der Waals surface area contributed by atoms with Crippen LogP contribution in [-0.2, 0) is 14.3 Å². The smallest absolute Gasteiger partial charge is 0.305 e. The highest BCUT2D eigenvalue weighted by Gasteiger charge is 2.20. The van der Waals surface area contributed by atoms with Gasteiger partial charge in [0.05, 0.1) is 25.4 Å². The van der Waals surface area contributed by atoms with Crippen molar-refractivity contribution in [1.29, 1.82) is 0 Å². The summed E-state index contributed by atoms with van der Waals surface area (Å²) in [6.07, 6.45) is 84.2. The molecule has 6 heteroatoms. The Labute approximate surface area is 489 Å². The molecule has 0 saturated heterocycles. The Morgan fingerprint density at radius 3 is 0.910 bits per heavy atom. The topological polar surface area (TPSA) is 95.9 Å². The SMILES string of the molecule is CCCCCCCCCCCCCCCCCC(=O)OCCCCCCCCCCCCCC/C=C\CCCCCCCCCCCCCCCCCCCC(=O)NC(CO)C(O)CCCCCCCCCCCCCCC. The molecule has 0 aliphatic heterocycles. The number of aliphatic hydroxyl groups excluding tert-OH is 2. The molecule has 0 spiro atoms. The van der Waals surface area contributed by atoms with E-state index in [1.54, 1.807) is 0 Å². The van der Waals surface area contributed by atoms with Crippen molar-refractivity contribution < 1.29 is 24.5 Å². The Hall–Kier alpha value is -1.40. The molecule has 0 heterocycles. The van der Waals surface area contributed by atoms with Gasteiger partial charge in [-0.2, -0.15) is 0 Å². The third-order valence-electron chi connectivity index (χ3n) is 17.1. The van der Waals surface area contributed by atoms with Crippen LogP contribution in [0.5, 0.6) is 0 Å². The number of hydrogen-bond acceptors (Lipinski definition) is 5. The van der Waals surface area contributed by atoms with Gasteiger partial charge in [0, 0.05) is 12.8 Å². The second kappa shape index (κ2) is 68.1. The molecular weight excluding hydrogens is 959 g/mol. The standard InChI is InChI=1S/C72H141NO5/c1-3-5-7-9-11-13-15-17-37-42-46-50-54-58-62-66-72(77)78-67-63-59-55-51-47-43-39-36-34-32-30-28-26-24-22-20-18-19-21-23-25-27-29-31-33-35-38-41-45-49-53-57-61-65-71(76)73-69(68-74)70(75)64-60-56-52-48-44-40-16-14-12-10-8-6-4-2/h22,24,69-70,74-75H,3-21,23,25-68H2,1-2H3,(H,73,76)/b24-22-. The molecule has 0 aliphatic rings. The molecule has 2 atom stereocenters. The quantitative estimate of drug-likeness (QED) is 0.0320. The zero-order valence-electron chi connectivity index (χ0n) is 53.2. The second-order valence-corrected chi connectivity index (χ2v) is 24.9. The Kier molecular flexibility index (Phi) is 66.9. The molecule has 464 valence electrons. The molecule has 0 aromatic rings. The first-order valence-corrected chi connectivity index (χ1v) is 35.9. The number of aliphatic hydroxyl groups is 2. The molecule has 6 nitrogen and oxygen atoms in total. The fourth-order valence-corrected chi connectivity index (χ4v) is 11.6. The lowest BCUT2D eigenvalue weighted by molar-refractivity contribution is -0.143. The van der Waals surface area contributed by atoms with Gasteiger partial charge < -0.3 is 20.3 Å². The summed E-state index contributed by atoms with van der Waals surface area (Å²) in [5.74, 6) is -0.00686. The Balaban J connectivity index is 3.32. The van der Waals surface area contributed by atoms with Crippen molar-refractivity contribution in [3.8, 4) is 0 Å². The number of hydrogen-bond donors (Lipinski definition) is 3. The Morgan fingerprint density at radius 2 is 0.603 bits per heavy atom. The van der Waals surface area contributed by atoms with E-state index < -0.39 is 12.1 Å². The zero-order chi connectivity index (χ0) is 56.4. The van der Waals surface area contributed by atoms with Crippen molar-refractivity contribution in [1.82, 2.24) is 5.32 Å². The maximum absolute atomic E-state index is 12.5. The molecule has 3 N–H and O–H groups in total. The number of unbranched alkanes of at least 4 members (excludes halogenated alkanes) is 55. The van der Waals surface area contributed by atoms with E-state index in [0.717, 1.165) is 38.5 Å². The van der Waals surface area contributed by atoms with Crippen LogP contribution in [0.4, 0.5) is 0 Å². The van der Waals surface area contributed by atoms with Crippen LogP contribution in [0.25, 0.3) is 0 Å². The Morgan fingerprint density at radius 1 is 0.346 bits per heavy atom. The molecule has 0 bridgehead atoms. The van der Waals surface area contributed by atoms with E-state index in [2.05, 4.69) is 31.3 Å². The van der Waals surface area contributed by atoms with Gasteiger partial charge in [0.1, 0.15) is 0 Å². The van der Waals surface area contributed by atoms with Crippen molar-refractivity contribution in [2.45, 2.75) is 424 Å². The molecule has 0 radical (unpaired) electrons. The summed E-state index contributed by atoms with van der Waals surface area (Å²) in [5, 5.41) is 23.3. The van der Waals surface area contributed by atoms with Crippen LogP contribution in [0.3, 0.4) is 0 Å². The van der Waals surface area contributed by atoms with E-state index >= 15 is 0 Å². The number of carbonyl (C=O) groups is 2. The molecule has 1 amide bonds. The minimum absolute atomic E-state index is 0.0225. The summed E-state index contributed by atoms with van der Waals surface area (Å²) >= 11 is 0. The average molecular weight is 1100 g/mol. The third kappa shape index (κ3) is 63.8. The summed E-state index contributed by atoms with van der Waals surface area (Å²) in [7, 11) is 0. The average Bonchev–Trinajstić information content (AvgIpc) is 3.44. The fourth-order valence-electron chi connectivity index (χ4n) is 11.6. The summed E-state index contributed by atoms with van der Waals surface area (Å²) in [4.78, 5) is 24.6. The normalized spacial score (nSPS) is 12.5. The fraction of sp³-hybridized carbons (Fsp3) is 0.944.